The minimum atomic E-state index is -0.321. The minimum Gasteiger partial charge on any atom is -0.347 e. The topological polar surface area (TPSA) is 62.0 Å². The monoisotopic (exact) mass is 356 g/mol. The summed E-state index contributed by atoms with van der Waals surface area (Å²) in [4.78, 5) is 27.0. The van der Waals surface area contributed by atoms with Gasteiger partial charge in [0.25, 0.3) is 11.5 Å². The molecule has 0 aliphatic carbocycles. The third-order valence-corrected chi connectivity index (χ3v) is 4.21. The smallest absolute Gasteiger partial charge is 0.269 e. The Morgan fingerprint density at radius 2 is 1.64 bits per heavy atom. The van der Waals surface area contributed by atoms with Gasteiger partial charge in [-0.05, 0) is 27.6 Å². The highest BCUT2D eigenvalue weighted by atomic mass is 79.9. The Balaban J connectivity index is 1.91. The number of H-pyrrole nitrogens is 1. The van der Waals surface area contributed by atoms with Crippen LogP contribution in [0.2, 0.25) is 0 Å². The number of benzene rings is 2. The molecule has 110 valence electrons. The molecule has 3 rings (SSSR count). The maximum Gasteiger partial charge on any atom is 0.269 e. The first kappa shape index (κ1) is 14.5. The highest BCUT2D eigenvalue weighted by Crippen LogP contribution is 2.23. The fourth-order valence-electron chi connectivity index (χ4n) is 2.27. The van der Waals surface area contributed by atoms with Gasteiger partial charge in [-0.2, -0.15) is 0 Å². The quantitative estimate of drug-likeness (QED) is 0.756. The summed E-state index contributed by atoms with van der Waals surface area (Å²) < 4.78 is 0.591. The molecule has 0 saturated heterocycles. The molecule has 0 aliphatic rings. The maximum atomic E-state index is 12.3. The van der Waals surface area contributed by atoms with Gasteiger partial charge in [0.05, 0.1) is 4.47 Å². The van der Waals surface area contributed by atoms with E-state index in [-0.39, 0.29) is 17.2 Å². The molecule has 22 heavy (non-hydrogen) atoms. The van der Waals surface area contributed by atoms with E-state index in [2.05, 4.69) is 26.2 Å². The third kappa shape index (κ3) is 2.80. The molecule has 0 spiro atoms. The Morgan fingerprint density at radius 1 is 1.00 bits per heavy atom. The van der Waals surface area contributed by atoms with Gasteiger partial charge in [0.2, 0.25) is 0 Å². The average molecular weight is 357 g/mol. The van der Waals surface area contributed by atoms with Crippen LogP contribution in [0.25, 0.3) is 10.8 Å². The third-order valence-electron chi connectivity index (χ3n) is 3.39. The Morgan fingerprint density at radius 3 is 2.36 bits per heavy atom. The average Bonchev–Trinajstić information content (AvgIpc) is 2.57. The van der Waals surface area contributed by atoms with Crippen LogP contribution in [0.5, 0.6) is 0 Å². The van der Waals surface area contributed by atoms with Crippen molar-refractivity contribution >= 4 is 32.6 Å². The van der Waals surface area contributed by atoms with Gasteiger partial charge in [-0.15, -0.1) is 0 Å². The van der Waals surface area contributed by atoms with Gasteiger partial charge in [-0.25, -0.2) is 0 Å². The Hall–Kier alpha value is -2.40. The van der Waals surface area contributed by atoms with Crippen LogP contribution in [0.3, 0.4) is 0 Å². The number of amides is 1. The van der Waals surface area contributed by atoms with E-state index in [1.54, 1.807) is 12.1 Å². The van der Waals surface area contributed by atoms with Gasteiger partial charge in [0.15, 0.2) is 0 Å². The summed E-state index contributed by atoms with van der Waals surface area (Å²) in [6.07, 6.45) is 0. The molecular formula is C17H13BrN2O2. The van der Waals surface area contributed by atoms with Crippen molar-refractivity contribution in [3.8, 4) is 0 Å². The lowest BCUT2D eigenvalue weighted by Crippen LogP contribution is -2.26. The van der Waals surface area contributed by atoms with E-state index in [4.69, 9.17) is 0 Å². The molecule has 0 atom stereocenters. The first-order chi connectivity index (χ1) is 10.7. The lowest BCUT2D eigenvalue weighted by Gasteiger charge is -2.09. The normalized spacial score (nSPS) is 10.6. The second-order valence-electron chi connectivity index (χ2n) is 4.86. The molecule has 2 N–H and O–H groups in total. The van der Waals surface area contributed by atoms with E-state index < -0.39 is 0 Å². The van der Waals surface area contributed by atoms with E-state index in [9.17, 15) is 9.59 Å². The number of carbonyl (C=O) groups is 1. The summed E-state index contributed by atoms with van der Waals surface area (Å²) in [6.45, 7) is 0.404. The number of hydrogen-bond donors (Lipinski definition) is 2. The molecule has 0 unspecified atom stereocenters. The van der Waals surface area contributed by atoms with Crippen molar-refractivity contribution in [1.29, 1.82) is 0 Å². The van der Waals surface area contributed by atoms with E-state index in [0.29, 0.717) is 16.4 Å². The van der Waals surface area contributed by atoms with Crippen LogP contribution >= 0.6 is 15.9 Å². The predicted molar refractivity (Wildman–Crippen MR) is 89.9 cm³/mol. The van der Waals surface area contributed by atoms with Crippen LogP contribution in [0.1, 0.15) is 16.1 Å². The number of aromatic nitrogens is 1. The van der Waals surface area contributed by atoms with Crippen molar-refractivity contribution in [3.63, 3.8) is 0 Å². The first-order valence-electron chi connectivity index (χ1n) is 6.79. The Kier molecular flexibility index (Phi) is 4.06. The zero-order valence-electron chi connectivity index (χ0n) is 11.6. The number of pyridine rings is 1. The number of nitrogens with one attached hydrogen (secondary N) is 2. The standard InChI is InChI=1S/C17H13BrN2O2/c18-14-12-8-4-5-9-13(12)16(21)20-15(14)17(22)19-10-11-6-2-1-3-7-11/h1-9H,10H2,(H,19,22)(H,20,21). The molecule has 0 radical (unpaired) electrons. The maximum absolute atomic E-state index is 12.3. The Labute approximate surface area is 135 Å². The van der Waals surface area contributed by atoms with Gasteiger partial charge in [0.1, 0.15) is 5.69 Å². The van der Waals surface area contributed by atoms with Gasteiger partial charge >= 0.3 is 0 Å². The predicted octanol–water partition coefficient (Wildman–Crippen LogP) is 3.22. The molecular weight excluding hydrogens is 344 g/mol. The molecule has 0 bridgehead atoms. The summed E-state index contributed by atoms with van der Waals surface area (Å²) in [6, 6.07) is 16.8. The molecule has 1 heterocycles. The summed E-state index contributed by atoms with van der Waals surface area (Å²) in [5, 5.41) is 4.08. The van der Waals surface area contributed by atoms with Gasteiger partial charge in [0, 0.05) is 17.3 Å². The summed E-state index contributed by atoms with van der Waals surface area (Å²) in [5.41, 5.74) is 0.957. The van der Waals surface area contributed by atoms with Crippen molar-refractivity contribution in [2.75, 3.05) is 0 Å². The number of fused-ring (bicyclic) bond motifs is 1. The molecule has 4 nitrogen and oxygen atoms in total. The van der Waals surface area contributed by atoms with Crippen molar-refractivity contribution in [3.05, 3.63) is 80.7 Å². The fraction of sp³-hybridized carbons (Fsp3) is 0.0588. The van der Waals surface area contributed by atoms with E-state index in [1.165, 1.54) is 0 Å². The fourth-order valence-corrected chi connectivity index (χ4v) is 2.89. The Bertz CT molecular complexity index is 888. The number of hydrogen-bond acceptors (Lipinski definition) is 2. The van der Waals surface area contributed by atoms with Gasteiger partial charge in [-0.1, -0.05) is 48.5 Å². The minimum absolute atomic E-state index is 0.236. The molecule has 2 aromatic carbocycles. The van der Waals surface area contributed by atoms with Crippen molar-refractivity contribution in [2.24, 2.45) is 0 Å². The number of halogens is 1. The van der Waals surface area contributed by atoms with Crippen LogP contribution in [-0.2, 0) is 6.54 Å². The van der Waals surface area contributed by atoms with Crippen molar-refractivity contribution < 1.29 is 4.79 Å². The van der Waals surface area contributed by atoms with Crippen LogP contribution in [0, 0.1) is 0 Å². The van der Waals surface area contributed by atoms with Crippen LogP contribution in [0.15, 0.2) is 63.9 Å². The molecule has 1 aromatic heterocycles. The summed E-state index contributed by atoms with van der Waals surface area (Å²) >= 11 is 3.41. The first-order valence-corrected chi connectivity index (χ1v) is 7.59. The number of rotatable bonds is 3. The molecule has 0 fully saturated rings. The van der Waals surface area contributed by atoms with E-state index >= 15 is 0 Å². The number of aromatic amines is 1. The van der Waals surface area contributed by atoms with E-state index in [0.717, 1.165) is 10.9 Å². The number of carbonyl (C=O) groups excluding carboxylic acids is 1. The largest absolute Gasteiger partial charge is 0.347 e. The lowest BCUT2D eigenvalue weighted by molar-refractivity contribution is 0.0945. The highest BCUT2D eigenvalue weighted by Gasteiger charge is 2.15. The summed E-state index contributed by atoms with van der Waals surface area (Å²) in [7, 11) is 0. The SMILES string of the molecule is O=C(NCc1ccccc1)c1[nH]c(=O)c2ccccc2c1Br. The van der Waals surface area contributed by atoms with Gasteiger partial charge in [-0.3, -0.25) is 9.59 Å². The van der Waals surface area contributed by atoms with Gasteiger partial charge < -0.3 is 10.3 Å². The zero-order chi connectivity index (χ0) is 15.5. The lowest BCUT2D eigenvalue weighted by atomic mass is 10.1. The summed E-state index contributed by atoms with van der Waals surface area (Å²) in [5.74, 6) is -0.321. The van der Waals surface area contributed by atoms with Crippen LogP contribution < -0.4 is 10.9 Å². The second-order valence-corrected chi connectivity index (χ2v) is 5.65. The highest BCUT2D eigenvalue weighted by molar-refractivity contribution is 9.10. The zero-order valence-corrected chi connectivity index (χ0v) is 13.2. The van der Waals surface area contributed by atoms with Crippen LogP contribution in [0.4, 0.5) is 0 Å². The molecule has 1 amide bonds. The van der Waals surface area contributed by atoms with Crippen molar-refractivity contribution in [2.45, 2.75) is 6.54 Å². The van der Waals surface area contributed by atoms with E-state index in [1.807, 2.05) is 42.5 Å². The second kappa shape index (κ2) is 6.15. The van der Waals surface area contributed by atoms with Crippen molar-refractivity contribution in [1.82, 2.24) is 10.3 Å². The molecule has 0 saturated carbocycles. The van der Waals surface area contributed by atoms with Crippen LogP contribution in [-0.4, -0.2) is 10.9 Å². The molecule has 3 aromatic rings. The molecule has 5 heteroatoms. The molecule has 0 aliphatic heterocycles.